The van der Waals surface area contributed by atoms with Gasteiger partial charge in [-0.3, -0.25) is 0 Å². The Morgan fingerprint density at radius 1 is 0.810 bits per heavy atom. The zero-order chi connectivity index (χ0) is 15.3. The number of hydrogen-bond donors (Lipinski definition) is 0. The second-order valence-electron chi connectivity index (χ2n) is 4.88. The van der Waals surface area contributed by atoms with E-state index in [4.69, 9.17) is 13.9 Å². The summed E-state index contributed by atoms with van der Waals surface area (Å²) in [6.45, 7) is 4.11. The van der Waals surface area contributed by atoms with E-state index in [0.29, 0.717) is 0 Å². The second-order valence-corrected chi connectivity index (χ2v) is 6.47. The summed E-state index contributed by atoms with van der Waals surface area (Å²) >= 11 is 7.20. The summed E-state index contributed by atoms with van der Waals surface area (Å²) in [4.78, 5) is 0. The van der Waals surface area contributed by atoms with E-state index >= 15 is 0 Å². The first-order chi connectivity index (χ1) is 9.99. The van der Waals surface area contributed by atoms with Gasteiger partial charge in [-0.15, -0.1) is 0 Å². The van der Waals surface area contributed by atoms with Crippen LogP contribution in [0.1, 0.15) is 11.1 Å². The minimum Gasteiger partial charge on any atom is -0.495 e. The summed E-state index contributed by atoms with van der Waals surface area (Å²) in [6.07, 6.45) is 0. The standard InChI is InChI=1S/C16H14Br2O3/c1-7-13-9(5-11(19-3)15(7)17)21-10-6-12(20-4)16(18)8(2)14(10)13/h5-6H,1-4H3. The lowest BCUT2D eigenvalue weighted by atomic mass is 10.0. The zero-order valence-electron chi connectivity index (χ0n) is 12.1. The lowest BCUT2D eigenvalue weighted by Crippen LogP contribution is -1.89. The summed E-state index contributed by atoms with van der Waals surface area (Å²) < 4.78 is 18.7. The van der Waals surface area contributed by atoms with E-state index in [9.17, 15) is 0 Å². The highest BCUT2D eigenvalue weighted by Crippen LogP contribution is 2.44. The Hall–Kier alpha value is -1.20. The lowest BCUT2D eigenvalue weighted by Gasteiger charge is -2.09. The molecular weight excluding hydrogens is 400 g/mol. The molecule has 0 atom stereocenters. The topological polar surface area (TPSA) is 31.6 Å². The number of fused-ring (bicyclic) bond motifs is 3. The predicted octanol–water partition coefficient (Wildman–Crippen LogP) is 5.75. The van der Waals surface area contributed by atoms with Crippen molar-refractivity contribution in [3.05, 3.63) is 32.2 Å². The van der Waals surface area contributed by atoms with Gasteiger partial charge in [0.1, 0.15) is 22.7 Å². The third-order valence-electron chi connectivity index (χ3n) is 3.77. The van der Waals surface area contributed by atoms with Gasteiger partial charge in [0.25, 0.3) is 0 Å². The maximum Gasteiger partial charge on any atom is 0.139 e. The number of aryl methyl sites for hydroxylation is 2. The van der Waals surface area contributed by atoms with E-state index in [1.807, 2.05) is 12.1 Å². The molecule has 0 N–H and O–H groups in total. The van der Waals surface area contributed by atoms with E-state index in [1.165, 1.54) is 0 Å². The van der Waals surface area contributed by atoms with Crippen molar-refractivity contribution in [2.45, 2.75) is 13.8 Å². The largest absolute Gasteiger partial charge is 0.495 e. The molecule has 21 heavy (non-hydrogen) atoms. The third-order valence-corrected chi connectivity index (χ3v) is 5.74. The molecule has 0 spiro atoms. The van der Waals surface area contributed by atoms with Crippen molar-refractivity contribution in [1.82, 2.24) is 0 Å². The minimum atomic E-state index is 0.766. The fourth-order valence-electron chi connectivity index (χ4n) is 2.67. The number of benzene rings is 2. The van der Waals surface area contributed by atoms with E-state index < -0.39 is 0 Å². The van der Waals surface area contributed by atoms with Crippen LogP contribution in [0.15, 0.2) is 25.5 Å². The van der Waals surface area contributed by atoms with Gasteiger partial charge in [0.15, 0.2) is 0 Å². The number of halogens is 2. The molecule has 0 aliphatic heterocycles. The fraction of sp³-hybridized carbons (Fsp3) is 0.250. The summed E-state index contributed by atoms with van der Waals surface area (Å²) in [7, 11) is 3.30. The highest BCUT2D eigenvalue weighted by Gasteiger charge is 2.19. The van der Waals surface area contributed by atoms with Crippen molar-refractivity contribution in [1.29, 1.82) is 0 Å². The van der Waals surface area contributed by atoms with Crippen LogP contribution in [0.4, 0.5) is 0 Å². The molecule has 3 rings (SSSR count). The monoisotopic (exact) mass is 412 g/mol. The van der Waals surface area contributed by atoms with Crippen LogP contribution in [-0.4, -0.2) is 14.2 Å². The van der Waals surface area contributed by atoms with E-state index in [1.54, 1.807) is 14.2 Å². The SMILES string of the molecule is COc1cc2oc3cc(OC)c(Br)c(C)c3c2c(C)c1Br. The smallest absolute Gasteiger partial charge is 0.139 e. The maximum absolute atomic E-state index is 6.01. The van der Waals surface area contributed by atoms with E-state index in [2.05, 4.69) is 45.7 Å². The highest BCUT2D eigenvalue weighted by atomic mass is 79.9. The molecule has 0 aliphatic rings. The van der Waals surface area contributed by atoms with Gasteiger partial charge in [0.2, 0.25) is 0 Å². The summed E-state index contributed by atoms with van der Waals surface area (Å²) in [5, 5.41) is 2.19. The lowest BCUT2D eigenvalue weighted by molar-refractivity contribution is 0.411. The normalized spacial score (nSPS) is 11.3. The minimum absolute atomic E-state index is 0.766. The maximum atomic E-state index is 6.01. The van der Waals surface area contributed by atoms with Gasteiger partial charge in [0.05, 0.1) is 23.2 Å². The summed E-state index contributed by atoms with van der Waals surface area (Å²) in [5.41, 5.74) is 3.82. The molecule has 2 aromatic carbocycles. The molecule has 0 unspecified atom stereocenters. The number of furan rings is 1. The van der Waals surface area contributed by atoms with E-state index in [-0.39, 0.29) is 0 Å². The molecule has 0 saturated heterocycles. The van der Waals surface area contributed by atoms with Crippen molar-refractivity contribution in [2.24, 2.45) is 0 Å². The molecule has 0 fully saturated rings. The molecule has 1 aromatic heterocycles. The van der Waals surface area contributed by atoms with Gasteiger partial charge in [-0.2, -0.15) is 0 Å². The molecule has 0 saturated carbocycles. The Kier molecular flexibility index (Phi) is 3.66. The molecule has 1 heterocycles. The molecule has 5 heteroatoms. The number of rotatable bonds is 2. The van der Waals surface area contributed by atoms with Gasteiger partial charge in [-0.05, 0) is 56.8 Å². The molecule has 0 aliphatic carbocycles. The molecule has 3 nitrogen and oxygen atoms in total. The van der Waals surface area contributed by atoms with Crippen molar-refractivity contribution in [3.8, 4) is 11.5 Å². The zero-order valence-corrected chi connectivity index (χ0v) is 15.3. The van der Waals surface area contributed by atoms with Gasteiger partial charge in [-0.1, -0.05) is 0 Å². The Bertz CT molecular complexity index is 795. The molecule has 110 valence electrons. The number of hydrogen-bond acceptors (Lipinski definition) is 3. The quantitative estimate of drug-likeness (QED) is 0.536. The Morgan fingerprint density at radius 2 is 1.19 bits per heavy atom. The van der Waals surface area contributed by atoms with Crippen LogP contribution in [0.3, 0.4) is 0 Å². The average Bonchev–Trinajstić information content (AvgIpc) is 2.85. The number of methoxy groups -OCH3 is 2. The van der Waals surface area contributed by atoms with Gasteiger partial charge < -0.3 is 13.9 Å². The molecule has 3 aromatic rings. The molecular formula is C16H14Br2O3. The first-order valence-corrected chi connectivity index (χ1v) is 8.00. The van der Waals surface area contributed by atoms with Gasteiger partial charge >= 0.3 is 0 Å². The Balaban J connectivity index is 2.53. The molecule has 0 amide bonds. The average molecular weight is 414 g/mol. The van der Waals surface area contributed by atoms with Crippen molar-refractivity contribution < 1.29 is 13.9 Å². The van der Waals surface area contributed by atoms with Crippen LogP contribution in [0.2, 0.25) is 0 Å². The highest BCUT2D eigenvalue weighted by molar-refractivity contribution is 9.11. The van der Waals surface area contributed by atoms with Crippen LogP contribution >= 0.6 is 31.9 Å². The third kappa shape index (κ3) is 2.06. The first kappa shape index (κ1) is 14.7. The van der Waals surface area contributed by atoms with Gasteiger partial charge in [0, 0.05) is 22.9 Å². The second kappa shape index (κ2) is 5.21. The molecule has 0 radical (unpaired) electrons. The summed E-state index contributed by atoms with van der Waals surface area (Å²) in [5.74, 6) is 1.53. The fourth-order valence-corrected chi connectivity index (χ4v) is 3.61. The number of ether oxygens (including phenoxy) is 2. The molecule has 0 bridgehead atoms. The van der Waals surface area contributed by atoms with Crippen molar-refractivity contribution in [2.75, 3.05) is 14.2 Å². The van der Waals surface area contributed by atoms with Gasteiger partial charge in [-0.25, -0.2) is 0 Å². The van der Waals surface area contributed by atoms with Crippen molar-refractivity contribution >= 4 is 53.8 Å². The summed E-state index contributed by atoms with van der Waals surface area (Å²) in [6, 6.07) is 3.82. The van der Waals surface area contributed by atoms with Crippen LogP contribution in [-0.2, 0) is 0 Å². The Labute approximate surface area is 139 Å². The first-order valence-electron chi connectivity index (χ1n) is 6.42. The van der Waals surface area contributed by atoms with Crippen LogP contribution < -0.4 is 9.47 Å². The van der Waals surface area contributed by atoms with Crippen LogP contribution in [0.25, 0.3) is 21.9 Å². The van der Waals surface area contributed by atoms with Crippen molar-refractivity contribution in [3.63, 3.8) is 0 Å². The van der Waals surface area contributed by atoms with Crippen LogP contribution in [0.5, 0.6) is 11.5 Å². The van der Waals surface area contributed by atoms with E-state index in [0.717, 1.165) is 53.5 Å². The van der Waals surface area contributed by atoms with Crippen LogP contribution in [0, 0.1) is 13.8 Å². The Morgan fingerprint density at radius 3 is 1.52 bits per heavy atom. The predicted molar refractivity (Wildman–Crippen MR) is 91.7 cm³/mol.